The maximum absolute atomic E-state index is 7.53. The maximum atomic E-state index is 7.53. The second-order valence-corrected chi connectivity index (χ2v) is 0.548. The molecule has 0 saturated carbocycles. The average Bonchev–Trinajstić information content (AvgIpc) is 0.918. The fourth-order valence-electron chi connectivity index (χ4n) is 0. The summed E-state index contributed by atoms with van der Waals surface area (Å²) >= 11 is 0. The molecule has 1 nitrogen and oxygen atoms in total. The fraction of sp³-hybridized carbons (Fsp3) is 1.00. The van der Waals surface area contributed by atoms with Gasteiger partial charge in [-0.15, -0.1) is 9.24 Å². The summed E-state index contributed by atoms with van der Waals surface area (Å²) in [4.78, 5) is 0. The van der Waals surface area contributed by atoms with E-state index in [0.29, 0.717) is 0 Å². The molecule has 0 aromatic carbocycles. The molecule has 1 atom stereocenters. The Hall–Kier alpha value is 0.455. The maximum Gasteiger partial charge on any atom is 0.0567 e. The molecule has 0 heterocycles. The van der Waals surface area contributed by atoms with Crippen LogP contribution in [0.15, 0.2) is 0 Å². The van der Waals surface area contributed by atoms with Crippen LogP contribution in [0, 0.1) is 0 Å². The average molecular weight is 74.8 g/mol. The number of rotatable bonds is 0. The van der Waals surface area contributed by atoms with Gasteiger partial charge in [0, 0.05) is 8.41 Å². The Kier molecular flexibility index (Phi) is 21.7. The van der Waals surface area contributed by atoms with E-state index in [1.165, 1.54) is 0 Å². The summed E-state index contributed by atoms with van der Waals surface area (Å²) in [6.07, 6.45) is 0.167. The van der Waals surface area contributed by atoms with Crippen molar-refractivity contribution in [2.45, 2.75) is 0 Å². The third-order valence-electron chi connectivity index (χ3n) is 0. The molecule has 0 aliphatic rings. The lowest BCUT2D eigenvalue weighted by atomic mass is 10.8. The van der Waals surface area contributed by atoms with Crippen LogP contribution in [-0.4, -0.2) is 19.9 Å². The lowest BCUT2D eigenvalue weighted by Gasteiger charge is -1.53. The number of hydrogen-bond donors (Lipinski definition) is 1. The van der Waals surface area contributed by atoms with Gasteiger partial charge in [0.1, 0.15) is 0 Å². The minimum atomic E-state index is 0. The lowest BCUT2D eigenvalue weighted by Crippen LogP contribution is -1.47. The summed E-state index contributed by atoms with van der Waals surface area (Å²) < 4.78 is 0. The molecule has 4 heavy (non-hydrogen) atoms. The Morgan fingerprint density at radius 2 is 1.75 bits per heavy atom. The van der Waals surface area contributed by atoms with E-state index < -0.39 is 0 Å². The third-order valence-corrected chi connectivity index (χ3v) is 0. The molecule has 3 radical (unpaired) electrons. The molecule has 0 amide bonds. The normalized spacial score (nSPS) is 4.50. The smallest absolute Gasteiger partial charge is 0.0567 e. The number of aliphatic hydroxyl groups excluding tert-OH is 1. The predicted molar refractivity (Wildman–Crippen MR) is 22.5 cm³/mol. The van der Waals surface area contributed by atoms with Crippen LogP contribution in [0.5, 0.6) is 0 Å². The first-order valence-corrected chi connectivity index (χ1v) is 1.54. The van der Waals surface area contributed by atoms with Crippen LogP contribution in [0.1, 0.15) is 0 Å². The van der Waals surface area contributed by atoms with Crippen molar-refractivity contribution < 1.29 is 5.11 Å². The van der Waals surface area contributed by atoms with E-state index in [0.717, 1.165) is 0 Å². The van der Waals surface area contributed by atoms with E-state index in [1.54, 1.807) is 0 Å². The summed E-state index contributed by atoms with van der Waals surface area (Å²) in [5.41, 5.74) is 0. The highest BCUT2D eigenvalue weighted by atomic mass is 31.0. The van der Waals surface area contributed by atoms with Crippen molar-refractivity contribution in [3.8, 4) is 0 Å². The van der Waals surface area contributed by atoms with Gasteiger partial charge in [-0.25, -0.2) is 0 Å². The highest BCUT2D eigenvalue weighted by Gasteiger charge is 1.33. The van der Waals surface area contributed by atoms with Gasteiger partial charge in [-0.05, 0) is 0 Å². The Balaban J connectivity index is 0. The van der Waals surface area contributed by atoms with E-state index in [4.69, 9.17) is 5.11 Å². The van der Waals surface area contributed by atoms with Gasteiger partial charge in [-0.1, -0.05) is 0 Å². The molecular weight excluding hydrogens is 69.8 g/mol. The van der Waals surface area contributed by atoms with Crippen LogP contribution in [0.25, 0.3) is 0 Å². The van der Waals surface area contributed by atoms with Crippen LogP contribution >= 0.6 is 9.24 Å². The summed E-state index contributed by atoms with van der Waals surface area (Å²) in [7, 11) is 2.13. The van der Waals surface area contributed by atoms with Gasteiger partial charge in [0.2, 0.25) is 0 Å². The minimum Gasteiger partial charge on any atom is -0.392 e. The van der Waals surface area contributed by atoms with E-state index in [9.17, 15) is 0 Å². The largest absolute Gasteiger partial charge is 0.392 e. The second-order valence-electron chi connectivity index (χ2n) is 0.183. The van der Waals surface area contributed by atoms with E-state index >= 15 is 0 Å². The Morgan fingerprint density at radius 3 is 1.75 bits per heavy atom. The molecule has 0 aromatic rings. The molecule has 0 saturated heterocycles. The van der Waals surface area contributed by atoms with Crippen molar-refractivity contribution >= 4 is 17.7 Å². The first kappa shape index (κ1) is 8.82. The molecule has 0 aliphatic heterocycles. The van der Waals surface area contributed by atoms with Gasteiger partial charge in [0.15, 0.2) is 0 Å². The van der Waals surface area contributed by atoms with Gasteiger partial charge in [-0.3, -0.25) is 0 Å². The van der Waals surface area contributed by atoms with Gasteiger partial charge in [0.25, 0.3) is 0 Å². The highest BCUT2D eigenvalue weighted by Crippen LogP contribution is 1.63. The Bertz CT molecular complexity index is 8.00. The summed E-state index contributed by atoms with van der Waals surface area (Å²) in [5.74, 6) is 0. The van der Waals surface area contributed by atoms with Crippen LogP contribution < -0.4 is 0 Å². The van der Waals surface area contributed by atoms with Crippen molar-refractivity contribution in [1.29, 1.82) is 0 Å². The summed E-state index contributed by atoms with van der Waals surface area (Å²) in [6.45, 7) is 0. The molecular formula is CH5BOP. The zero-order valence-corrected chi connectivity index (χ0v) is 3.46. The van der Waals surface area contributed by atoms with Crippen LogP contribution in [0.3, 0.4) is 0 Å². The molecule has 0 aromatic heterocycles. The van der Waals surface area contributed by atoms with Gasteiger partial charge >= 0.3 is 0 Å². The molecule has 0 aliphatic carbocycles. The standard InChI is InChI=1S/CH5OP.B/c2-1-3;/h2H,1,3H2;. The highest BCUT2D eigenvalue weighted by molar-refractivity contribution is 7.16. The molecule has 3 heteroatoms. The van der Waals surface area contributed by atoms with Gasteiger partial charge in [-0.2, -0.15) is 0 Å². The summed E-state index contributed by atoms with van der Waals surface area (Å²) in [5, 5.41) is 7.53. The molecule has 23 valence electrons. The molecule has 0 rings (SSSR count). The van der Waals surface area contributed by atoms with E-state index in [2.05, 4.69) is 9.24 Å². The number of aliphatic hydroxyl groups is 1. The predicted octanol–water partition coefficient (Wildman–Crippen LogP) is -0.570. The van der Waals surface area contributed by atoms with Crippen molar-refractivity contribution in [1.82, 2.24) is 0 Å². The minimum absolute atomic E-state index is 0. The van der Waals surface area contributed by atoms with Crippen molar-refractivity contribution in [3.05, 3.63) is 0 Å². The quantitative estimate of drug-likeness (QED) is 0.302. The monoisotopic (exact) mass is 75.0 g/mol. The SMILES string of the molecule is OCP.[B]. The molecule has 0 fully saturated rings. The fourth-order valence-corrected chi connectivity index (χ4v) is 0. The topological polar surface area (TPSA) is 20.2 Å². The Labute approximate surface area is 30.2 Å². The van der Waals surface area contributed by atoms with Crippen molar-refractivity contribution in [3.63, 3.8) is 0 Å². The van der Waals surface area contributed by atoms with E-state index in [-0.39, 0.29) is 14.8 Å². The van der Waals surface area contributed by atoms with Gasteiger partial charge < -0.3 is 5.11 Å². The second kappa shape index (κ2) is 9.84. The summed E-state index contributed by atoms with van der Waals surface area (Å²) in [6, 6.07) is 0. The molecule has 0 bridgehead atoms. The van der Waals surface area contributed by atoms with Crippen LogP contribution in [-0.2, 0) is 0 Å². The molecule has 1 unspecified atom stereocenters. The van der Waals surface area contributed by atoms with Crippen LogP contribution in [0.4, 0.5) is 0 Å². The lowest BCUT2D eigenvalue weighted by molar-refractivity contribution is 0.375. The zero-order chi connectivity index (χ0) is 2.71. The number of hydrogen-bond acceptors (Lipinski definition) is 1. The molecule has 1 N–H and O–H groups in total. The van der Waals surface area contributed by atoms with Gasteiger partial charge in [0.05, 0.1) is 6.35 Å². The third kappa shape index (κ3) is 25.1. The molecule has 0 spiro atoms. The van der Waals surface area contributed by atoms with Crippen LogP contribution in [0.2, 0.25) is 0 Å². The van der Waals surface area contributed by atoms with Crippen molar-refractivity contribution in [2.24, 2.45) is 0 Å². The Morgan fingerprint density at radius 1 is 1.75 bits per heavy atom. The zero-order valence-electron chi connectivity index (χ0n) is 2.31. The van der Waals surface area contributed by atoms with Crippen molar-refractivity contribution in [2.75, 3.05) is 6.35 Å². The first-order chi connectivity index (χ1) is 1.41. The first-order valence-electron chi connectivity index (χ1n) is 0.724. The van der Waals surface area contributed by atoms with E-state index in [1.807, 2.05) is 0 Å².